The Labute approximate surface area is 103 Å². The standard InChI is InChI=1S/C13H24N2O2/c1-9-3-4-11(7-10(9)2)15-12(16)13(14)5-6-17-8-13/h9-11H,3-8,14H2,1-2H3,(H,15,16). The first-order chi connectivity index (χ1) is 8.01. The van der Waals surface area contributed by atoms with Crippen molar-refractivity contribution in [3.8, 4) is 0 Å². The van der Waals surface area contributed by atoms with Crippen molar-refractivity contribution < 1.29 is 9.53 Å². The lowest BCUT2D eigenvalue weighted by Crippen LogP contribution is -2.57. The molecule has 1 aliphatic heterocycles. The van der Waals surface area contributed by atoms with Gasteiger partial charge < -0.3 is 15.8 Å². The molecular formula is C13H24N2O2. The van der Waals surface area contributed by atoms with E-state index in [0.29, 0.717) is 31.6 Å². The minimum absolute atomic E-state index is 0.0262. The summed E-state index contributed by atoms with van der Waals surface area (Å²) in [6.45, 7) is 5.51. The highest BCUT2D eigenvalue weighted by Gasteiger charge is 2.39. The summed E-state index contributed by atoms with van der Waals surface area (Å²) in [5.74, 6) is 1.43. The first-order valence-corrected chi connectivity index (χ1v) is 6.69. The molecule has 2 fully saturated rings. The molecule has 0 aromatic rings. The van der Waals surface area contributed by atoms with Crippen molar-refractivity contribution in [2.75, 3.05) is 13.2 Å². The van der Waals surface area contributed by atoms with Crippen molar-refractivity contribution in [2.45, 2.75) is 51.1 Å². The van der Waals surface area contributed by atoms with Gasteiger partial charge in [0, 0.05) is 12.6 Å². The molecule has 3 N–H and O–H groups in total. The van der Waals surface area contributed by atoms with E-state index in [0.717, 1.165) is 18.8 Å². The number of hydrogen-bond donors (Lipinski definition) is 2. The van der Waals surface area contributed by atoms with Crippen LogP contribution >= 0.6 is 0 Å². The number of amides is 1. The van der Waals surface area contributed by atoms with Crippen LogP contribution in [0.2, 0.25) is 0 Å². The maximum atomic E-state index is 12.1. The first kappa shape index (κ1) is 12.8. The second kappa shape index (κ2) is 4.94. The summed E-state index contributed by atoms with van der Waals surface area (Å²) in [7, 11) is 0. The molecule has 17 heavy (non-hydrogen) atoms. The van der Waals surface area contributed by atoms with Gasteiger partial charge in [-0.05, 0) is 37.5 Å². The zero-order chi connectivity index (χ0) is 12.5. The van der Waals surface area contributed by atoms with Gasteiger partial charge in [-0.25, -0.2) is 0 Å². The predicted octanol–water partition coefficient (Wildman–Crippen LogP) is 1.05. The van der Waals surface area contributed by atoms with Crippen LogP contribution in [0.15, 0.2) is 0 Å². The van der Waals surface area contributed by atoms with E-state index in [1.54, 1.807) is 0 Å². The molecule has 1 heterocycles. The smallest absolute Gasteiger partial charge is 0.242 e. The average molecular weight is 240 g/mol. The van der Waals surface area contributed by atoms with Crippen LogP contribution in [0.1, 0.15) is 39.5 Å². The van der Waals surface area contributed by atoms with E-state index in [1.165, 1.54) is 6.42 Å². The van der Waals surface area contributed by atoms with Gasteiger partial charge >= 0.3 is 0 Å². The van der Waals surface area contributed by atoms with Gasteiger partial charge in [0.1, 0.15) is 5.54 Å². The van der Waals surface area contributed by atoms with Gasteiger partial charge in [0.25, 0.3) is 0 Å². The van der Waals surface area contributed by atoms with Gasteiger partial charge in [-0.1, -0.05) is 13.8 Å². The Hall–Kier alpha value is -0.610. The summed E-state index contributed by atoms with van der Waals surface area (Å²) in [5.41, 5.74) is 5.26. The molecule has 0 aromatic heterocycles. The molecule has 0 radical (unpaired) electrons. The highest BCUT2D eigenvalue weighted by molar-refractivity contribution is 5.86. The Morgan fingerprint density at radius 2 is 2.12 bits per heavy atom. The van der Waals surface area contributed by atoms with Crippen LogP contribution in [0.25, 0.3) is 0 Å². The lowest BCUT2D eigenvalue weighted by molar-refractivity contribution is -0.127. The Morgan fingerprint density at radius 1 is 1.35 bits per heavy atom. The second-order valence-electron chi connectivity index (χ2n) is 5.90. The minimum atomic E-state index is -0.785. The van der Waals surface area contributed by atoms with Crippen molar-refractivity contribution in [3.63, 3.8) is 0 Å². The fraction of sp³-hybridized carbons (Fsp3) is 0.923. The highest BCUT2D eigenvalue weighted by Crippen LogP contribution is 2.29. The Bertz CT molecular complexity index is 287. The van der Waals surface area contributed by atoms with E-state index in [4.69, 9.17) is 10.5 Å². The van der Waals surface area contributed by atoms with E-state index in [9.17, 15) is 4.79 Å². The van der Waals surface area contributed by atoms with Gasteiger partial charge in [0.15, 0.2) is 0 Å². The van der Waals surface area contributed by atoms with E-state index in [2.05, 4.69) is 19.2 Å². The first-order valence-electron chi connectivity index (χ1n) is 6.69. The third-order valence-corrected chi connectivity index (χ3v) is 4.44. The van der Waals surface area contributed by atoms with Gasteiger partial charge in [-0.15, -0.1) is 0 Å². The van der Waals surface area contributed by atoms with Gasteiger partial charge in [-0.2, -0.15) is 0 Å². The molecule has 2 rings (SSSR count). The maximum Gasteiger partial charge on any atom is 0.242 e. The summed E-state index contributed by atoms with van der Waals surface area (Å²) in [5, 5.41) is 3.11. The number of carbonyl (C=O) groups excluding carboxylic acids is 1. The van der Waals surface area contributed by atoms with Crippen molar-refractivity contribution in [1.29, 1.82) is 0 Å². The SMILES string of the molecule is CC1CCC(NC(=O)C2(N)CCOC2)CC1C. The number of ether oxygens (including phenoxy) is 1. The van der Waals surface area contributed by atoms with E-state index in [-0.39, 0.29) is 5.91 Å². The van der Waals surface area contributed by atoms with Gasteiger partial charge in [-0.3, -0.25) is 4.79 Å². The third-order valence-electron chi connectivity index (χ3n) is 4.44. The normalized spacial score (nSPS) is 42.4. The summed E-state index contributed by atoms with van der Waals surface area (Å²) in [6, 6.07) is 0.301. The minimum Gasteiger partial charge on any atom is -0.379 e. The summed E-state index contributed by atoms with van der Waals surface area (Å²) >= 11 is 0. The lowest BCUT2D eigenvalue weighted by Gasteiger charge is -2.34. The maximum absolute atomic E-state index is 12.1. The number of nitrogens with two attached hydrogens (primary N) is 1. The quantitative estimate of drug-likeness (QED) is 0.758. The molecule has 98 valence electrons. The van der Waals surface area contributed by atoms with Crippen LogP contribution in [0.3, 0.4) is 0 Å². The summed E-state index contributed by atoms with van der Waals surface area (Å²) < 4.78 is 5.22. The predicted molar refractivity (Wildman–Crippen MR) is 66.5 cm³/mol. The number of carbonyl (C=O) groups is 1. The Kier molecular flexibility index (Phi) is 3.73. The van der Waals surface area contributed by atoms with Gasteiger partial charge in [0.05, 0.1) is 6.61 Å². The van der Waals surface area contributed by atoms with E-state index < -0.39 is 5.54 Å². The summed E-state index contributed by atoms with van der Waals surface area (Å²) in [4.78, 5) is 12.1. The summed E-state index contributed by atoms with van der Waals surface area (Å²) in [6.07, 6.45) is 3.98. The fourth-order valence-corrected chi connectivity index (χ4v) is 2.77. The molecule has 2 aliphatic rings. The van der Waals surface area contributed by atoms with Crippen LogP contribution in [-0.4, -0.2) is 30.7 Å². The number of nitrogens with one attached hydrogen (secondary N) is 1. The molecular weight excluding hydrogens is 216 g/mol. The van der Waals surface area contributed by atoms with Crippen LogP contribution in [0, 0.1) is 11.8 Å². The molecule has 4 atom stereocenters. The zero-order valence-electron chi connectivity index (χ0n) is 10.9. The van der Waals surface area contributed by atoms with Crippen LogP contribution < -0.4 is 11.1 Å². The number of rotatable bonds is 2. The van der Waals surface area contributed by atoms with E-state index >= 15 is 0 Å². The molecule has 4 unspecified atom stereocenters. The fourth-order valence-electron chi connectivity index (χ4n) is 2.77. The monoisotopic (exact) mass is 240 g/mol. The topological polar surface area (TPSA) is 64.4 Å². The van der Waals surface area contributed by atoms with Crippen molar-refractivity contribution >= 4 is 5.91 Å². The molecule has 1 saturated heterocycles. The molecule has 0 spiro atoms. The highest BCUT2D eigenvalue weighted by atomic mass is 16.5. The van der Waals surface area contributed by atoms with E-state index in [1.807, 2.05) is 0 Å². The van der Waals surface area contributed by atoms with Crippen LogP contribution in [-0.2, 0) is 9.53 Å². The molecule has 0 aromatic carbocycles. The molecule has 1 saturated carbocycles. The zero-order valence-corrected chi connectivity index (χ0v) is 10.9. The molecule has 0 bridgehead atoms. The van der Waals surface area contributed by atoms with Crippen molar-refractivity contribution in [3.05, 3.63) is 0 Å². The molecule has 4 nitrogen and oxygen atoms in total. The van der Waals surface area contributed by atoms with Crippen molar-refractivity contribution in [2.24, 2.45) is 17.6 Å². The Balaban J connectivity index is 1.86. The van der Waals surface area contributed by atoms with Gasteiger partial charge in [0.2, 0.25) is 5.91 Å². The number of hydrogen-bond acceptors (Lipinski definition) is 3. The second-order valence-corrected chi connectivity index (χ2v) is 5.90. The Morgan fingerprint density at radius 3 is 2.71 bits per heavy atom. The third kappa shape index (κ3) is 2.80. The lowest BCUT2D eigenvalue weighted by atomic mass is 9.79. The molecule has 1 amide bonds. The van der Waals surface area contributed by atoms with Crippen molar-refractivity contribution in [1.82, 2.24) is 5.32 Å². The largest absolute Gasteiger partial charge is 0.379 e. The molecule has 1 aliphatic carbocycles. The average Bonchev–Trinajstić information content (AvgIpc) is 2.72. The van der Waals surface area contributed by atoms with Crippen LogP contribution in [0.4, 0.5) is 0 Å². The molecule has 4 heteroatoms. The van der Waals surface area contributed by atoms with Crippen LogP contribution in [0.5, 0.6) is 0 Å².